The van der Waals surface area contributed by atoms with E-state index < -0.39 is 0 Å². The van der Waals surface area contributed by atoms with Crippen LogP contribution < -0.4 is 10.1 Å². The zero-order chi connectivity index (χ0) is 19.8. The minimum atomic E-state index is -0.253. The molecule has 0 saturated heterocycles. The Morgan fingerprint density at radius 2 is 1.86 bits per heavy atom. The molecular weight excluding hydrogens is 385 g/mol. The molecule has 1 aliphatic heterocycles. The molecule has 0 fully saturated rings. The first-order valence-electron chi connectivity index (χ1n) is 10.1. The Bertz CT molecular complexity index is 1060. The number of hydrogen-bond acceptors (Lipinski definition) is 3. The molecule has 0 unspecified atom stereocenters. The van der Waals surface area contributed by atoms with Gasteiger partial charge in [-0.3, -0.25) is 4.79 Å². The van der Waals surface area contributed by atoms with Crippen LogP contribution in [0.4, 0.5) is 9.39 Å². The number of carbonyl (C=O) groups is 1. The molecule has 2 aromatic carbocycles. The SMILES string of the molecule is O=C1C[C@@H](c2ccccc2OCc2ccc(F)cc2)c2c(sc3c2CCCC3)N1. The molecule has 2 heterocycles. The summed E-state index contributed by atoms with van der Waals surface area (Å²) in [5, 5.41) is 4.12. The molecule has 1 N–H and O–H groups in total. The van der Waals surface area contributed by atoms with Crippen molar-refractivity contribution in [3.63, 3.8) is 0 Å². The number of thiophene rings is 1. The van der Waals surface area contributed by atoms with Gasteiger partial charge in [0.15, 0.2) is 0 Å². The van der Waals surface area contributed by atoms with E-state index in [1.54, 1.807) is 23.5 Å². The quantitative estimate of drug-likeness (QED) is 0.592. The zero-order valence-corrected chi connectivity index (χ0v) is 16.9. The van der Waals surface area contributed by atoms with E-state index in [2.05, 4.69) is 11.4 Å². The molecule has 1 amide bonds. The smallest absolute Gasteiger partial charge is 0.225 e. The number of ether oxygens (including phenoxy) is 1. The van der Waals surface area contributed by atoms with Crippen molar-refractivity contribution < 1.29 is 13.9 Å². The van der Waals surface area contributed by atoms with Crippen molar-refractivity contribution in [1.82, 2.24) is 0 Å². The van der Waals surface area contributed by atoms with E-state index in [1.165, 1.54) is 41.0 Å². The van der Waals surface area contributed by atoms with Gasteiger partial charge in [0, 0.05) is 22.8 Å². The maximum absolute atomic E-state index is 13.2. The van der Waals surface area contributed by atoms with Gasteiger partial charge in [-0.25, -0.2) is 4.39 Å². The lowest BCUT2D eigenvalue weighted by Gasteiger charge is -2.27. The summed E-state index contributed by atoms with van der Waals surface area (Å²) in [7, 11) is 0. The second-order valence-electron chi connectivity index (χ2n) is 7.71. The average molecular weight is 408 g/mol. The van der Waals surface area contributed by atoms with Gasteiger partial charge >= 0.3 is 0 Å². The van der Waals surface area contributed by atoms with Crippen LogP contribution in [0, 0.1) is 5.82 Å². The van der Waals surface area contributed by atoms with E-state index in [1.807, 2.05) is 18.2 Å². The van der Waals surface area contributed by atoms with Crippen LogP contribution in [0.5, 0.6) is 5.75 Å². The number of halogens is 1. The topological polar surface area (TPSA) is 38.3 Å². The lowest BCUT2D eigenvalue weighted by Crippen LogP contribution is -2.23. The number of aryl methyl sites for hydroxylation is 1. The summed E-state index contributed by atoms with van der Waals surface area (Å²) in [5.74, 6) is 0.617. The van der Waals surface area contributed by atoms with Gasteiger partial charge in [0.05, 0.1) is 5.00 Å². The van der Waals surface area contributed by atoms with Gasteiger partial charge in [-0.05, 0) is 60.6 Å². The fourth-order valence-electron chi connectivity index (χ4n) is 4.42. The zero-order valence-electron chi connectivity index (χ0n) is 16.0. The maximum atomic E-state index is 13.2. The van der Waals surface area contributed by atoms with E-state index in [9.17, 15) is 9.18 Å². The highest BCUT2D eigenvalue weighted by molar-refractivity contribution is 7.16. The second-order valence-corrected chi connectivity index (χ2v) is 8.82. The minimum Gasteiger partial charge on any atom is -0.489 e. The summed E-state index contributed by atoms with van der Waals surface area (Å²) in [6.45, 7) is 0.366. The second kappa shape index (κ2) is 7.64. The number of nitrogens with one attached hydrogen (secondary N) is 1. The summed E-state index contributed by atoms with van der Waals surface area (Å²) in [6, 6.07) is 14.4. The predicted octanol–water partition coefficient (Wildman–Crippen LogP) is 5.82. The molecular formula is C24H22FNO2S. The van der Waals surface area contributed by atoms with Crippen molar-refractivity contribution in [2.24, 2.45) is 0 Å². The van der Waals surface area contributed by atoms with Crippen LogP contribution in [0.25, 0.3) is 0 Å². The lowest BCUT2D eigenvalue weighted by atomic mass is 9.81. The highest BCUT2D eigenvalue weighted by Gasteiger charge is 2.34. The van der Waals surface area contributed by atoms with Gasteiger partial charge in [0.25, 0.3) is 0 Å². The number of amides is 1. The molecule has 3 nitrogen and oxygen atoms in total. The van der Waals surface area contributed by atoms with Crippen LogP contribution >= 0.6 is 11.3 Å². The van der Waals surface area contributed by atoms with Gasteiger partial charge < -0.3 is 10.1 Å². The molecule has 5 rings (SSSR count). The maximum Gasteiger partial charge on any atom is 0.225 e. The van der Waals surface area contributed by atoms with Crippen LogP contribution in [0.3, 0.4) is 0 Å². The standard InChI is InChI=1S/C24H22FNO2S/c25-16-11-9-15(10-12-16)14-28-20-7-3-1-5-17(20)19-13-22(27)26-24-23(19)18-6-2-4-8-21(18)29-24/h1,3,5,7,9-12,19H,2,4,6,8,13-14H2,(H,26,27)/t19-/m0/s1. The minimum absolute atomic E-state index is 0.0151. The fraction of sp³-hybridized carbons (Fsp3) is 0.292. The first-order valence-corrected chi connectivity index (χ1v) is 10.9. The highest BCUT2D eigenvalue weighted by atomic mass is 32.1. The number of hydrogen-bond donors (Lipinski definition) is 1. The van der Waals surface area contributed by atoms with E-state index in [0.717, 1.165) is 34.7 Å². The van der Waals surface area contributed by atoms with Gasteiger partial charge in [-0.2, -0.15) is 0 Å². The molecule has 1 aromatic heterocycles. The van der Waals surface area contributed by atoms with Gasteiger partial charge in [0.1, 0.15) is 18.2 Å². The normalized spacial score (nSPS) is 18.0. The first-order chi connectivity index (χ1) is 14.2. The summed E-state index contributed by atoms with van der Waals surface area (Å²) in [4.78, 5) is 13.9. The third-order valence-electron chi connectivity index (χ3n) is 5.81. The number of anilines is 1. The molecule has 0 spiro atoms. The highest BCUT2D eigenvalue weighted by Crippen LogP contribution is 2.49. The average Bonchev–Trinajstić information content (AvgIpc) is 3.11. The number of rotatable bonds is 4. The fourth-order valence-corrected chi connectivity index (χ4v) is 5.79. The Morgan fingerprint density at radius 3 is 2.72 bits per heavy atom. The van der Waals surface area contributed by atoms with Crippen molar-refractivity contribution in [1.29, 1.82) is 0 Å². The van der Waals surface area contributed by atoms with Crippen molar-refractivity contribution in [2.75, 3.05) is 5.32 Å². The van der Waals surface area contributed by atoms with Crippen molar-refractivity contribution in [2.45, 2.75) is 44.6 Å². The summed E-state index contributed by atoms with van der Waals surface area (Å²) in [5.41, 5.74) is 4.70. The van der Waals surface area contributed by atoms with Gasteiger partial charge in [-0.15, -0.1) is 11.3 Å². The van der Waals surface area contributed by atoms with Crippen LogP contribution in [0.2, 0.25) is 0 Å². The first kappa shape index (κ1) is 18.4. The third kappa shape index (κ3) is 3.55. The van der Waals surface area contributed by atoms with Crippen molar-refractivity contribution >= 4 is 22.2 Å². The molecule has 5 heteroatoms. The molecule has 2 aliphatic rings. The molecule has 0 radical (unpaired) electrons. The number of fused-ring (bicyclic) bond motifs is 3. The van der Waals surface area contributed by atoms with Crippen LogP contribution in [0.15, 0.2) is 48.5 Å². The number of carbonyl (C=O) groups excluding carboxylic acids is 1. The summed E-state index contributed by atoms with van der Waals surface area (Å²) >= 11 is 1.75. The predicted molar refractivity (Wildman–Crippen MR) is 113 cm³/mol. The molecule has 0 saturated carbocycles. The molecule has 148 valence electrons. The van der Waals surface area contributed by atoms with E-state index >= 15 is 0 Å². The Hall–Kier alpha value is -2.66. The van der Waals surface area contributed by atoms with Crippen molar-refractivity contribution in [3.8, 4) is 5.75 Å². The molecule has 3 aromatic rings. The molecule has 29 heavy (non-hydrogen) atoms. The van der Waals surface area contributed by atoms with Gasteiger partial charge in [-0.1, -0.05) is 30.3 Å². The molecule has 1 aliphatic carbocycles. The van der Waals surface area contributed by atoms with Crippen LogP contribution in [-0.4, -0.2) is 5.91 Å². The van der Waals surface area contributed by atoms with E-state index in [-0.39, 0.29) is 17.6 Å². The third-order valence-corrected chi connectivity index (χ3v) is 7.03. The van der Waals surface area contributed by atoms with Crippen LogP contribution in [0.1, 0.15) is 52.3 Å². The Morgan fingerprint density at radius 1 is 1.07 bits per heavy atom. The summed E-state index contributed by atoms with van der Waals surface area (Å²) < 4.78 is 19.3. The number of para-hydroxylation sites is 1. The van der Waals surface area contributed by atoms with E-state index in [0.29, 0.717) is 13.0 Å². The Labute approximate surface area is 173 Å². The molecule has 1 atom stereocenters. The van der Waals surface area contributed by atoms with Crippen LogP contribution in [-0.2, 0) is 24.2 Å². The Kier molecular flexibility index (Phi) is 4.84. The van der Waals surface area contributed by atoms with Gasteiger partial charge in [0.2, 0.25) is 5.91 Å². The summed E-state index contributed by atoms with van der Waals surface area (Å²) in [6.07, 6.45) is 5.07. The van der Waals surface area contributed by atoms with E-state index in [4.69, 9.17) is 4.74 Å². The largest absolute Gasteiger partial charge is 0.489 e. The number of benzene rings is 2. The monoisotopic (exact) mass is 407 g/mol. The van der Waals surface area contributed by atoms with Crippen molar-refractivity contribution in [3.05, 3.63) is 81.5 Å². The molecule has 0 bridgehead atoms. The lowest BCUT2D eigenvalue weighted by molar-refractivity contribution is -0.116. The Balaban J connectivity index is 1.49.